The maximum atomic E-state index is 4.44. The van der Waals surface area contributed by atoms with Gasteiger partial charge in [-0.3, -0.25) is 0 Å². The van der Waals surface area contributed by atoms with Crippen LogP contribution in [0.15, 0.2) is 18.2 Å². The molecule has 4 nitrogen and oxygen atoms in total. The molecule has 1 saturated heterocycles. The highest BCUT2D eigenvalue weighted by Gasteiger charge is 2.19. The van der Waals surface area contributed by atoms with E-state index >= 15 is 0 Å². The quantitative estimate of drug-likeness (QED) is 0.753. The van der Waals surface area contributed by atoms with Gasteiger partial charge in [0.25, 0.3) is 0 Å². The van der Waals surface area contributed by atoms with Gasteiger partial charge in [0.1, 0.15) is 5.82 Å². The summed E-state index contributed by atoms with van der Waals surface area (Å²) in [7, 11) is 0. The first kappa shape index (κ1) is 8.85. The van der Waals surface area contributed by atoms with Crippen molar-refractivity contribution in [1.29, 1.82) is 0 Å². The molecular weight excluding hydrogens is 188 g/mol. The van der Waals surface area contributed by atoms with Gasteiger partial charge in [-0.15, -0.1) is 0 Å². The van der Waals surface area contributed by atoms with E-state index in [1.807, 2.05) is 17.5 Å². The third-order valence-electron chi connectivity index (χ3n) is 2.97. The molecule has 1 atom stereocenters. The van der Waals surface area contributed by atoms with Crippen LogP contribution in [0.1, 0.15) is 23.9 Å². The van der Waals surface area contributed by atoms with E-state index in [9.17, 15) is 0 Å². The van der Waals surface area contributed by atoms with Crippen LogP contribution in [-0.4, -0.2) is 27.7 Å². The summed E-state index contributed by atoms with van der Waals surface area (Å²) in [4.78, 5) is 4.38. The molecule has 0 saturated carbocycles. The van der Waals surface area contributed by atoms with E-state index < -0.39 is 0 Å². The van der Waals surface area contributed by atoms with Crippen molar-refractivity contribution < 1.29 is 0 Å². The van der Waals surface area contributed by atoms with Crippen LogP contribution in [-0.2, 0) is 0 Å². The van der Waals surface area contributed by atoms with Crippen LogP contribution >= 0.6 is 0 Å². The van der Waals surface area contributed by atoms with Crippen LogP contribution in [0.2, 0.25) is 0 Å². The predicted molar refractivity (Wildman–Crippen MR) is 58.0 cm³/mol. The van der Waals surface area contributed by atoms with Gasteiger partial charge in [-0.1, -0.05) is 6.07 Å². The summed E-state index contributed by atoms with van der Waals surface area (Å²) in [6.07, 6.45) is 1.19. The Kier molecular flexibility index (Phi) is 1.95. The number of fused-ring (bicyclic) bond motifs is 1. The van der Waals surface area contributed by atoms with Crippen LogP contribution in [0.25, 0.3) is 5.65 Å². The van der Waals surface area contributed by atoms with Gasteiger partial charge < -0.3 is 5.32 Å². The number of rotatable bonds is 1. The predicted octanol–water partition coefficient (Wildman–Crippen LogP) is 1.11. The average molecular weight is 202 g/mol. The van der Waals surface area contributed by atoms with Crippen molar-refractivity contribution in [1.82, 2.24) is 19.9 Å². The Morgan fingerprint density at radius 3 is 3.20 bits per heavy atom. The van der Waals surface area contributed by atoms with Gasteiger partial charge in [0, 0.05) is 18.2 Å². The Morgan fingerprint density at radius 2 is 2.40 bits per heavy atom. The van der Waals surface area contributed by atoms with Crippen molar-refractivity contribution in [3.05, 3.63) is 29.7 Å². The SMILES string of the molecule is Cc1nc2cccc(C3CCNC3)n2n1. The molecule has 1 unspecified atom stereocenters. The molecule has 0 aliphatic carbocycles. The van der Waals surface area contributed by atoms with Gasteiger partial charge >= 0.3 is 0 Å². The minimum Gasteiger partial charge on any atom is -0.316 e. The van der Waals surface area contributed by atoms with Gasteiger partial charge in [0.05, 0.1) is 0 Å². The molecule has 15 heavy (non-hydrogen) atoms. The average Bonchev–Trinajstić information content (AvgIpc) is 2.82. The van der Waals surface area contributed by atoms with Crippen LogP contribution in [0, 0.1) is 6.92 Å². The lowest BCUT2D eigenvalue weighted by Crippen LogP contribution is -2.10. The van der Waals surface area contributed by atoms with Crippen molar-refractivity contribution >= 4 is 5.65 Å². The summed E-state index contributed by atoms with van der Waals surface area (Å²) >= 11 is 0. The lowest BCUT2D eigenvalue weighted by molar-refractivity contribution is 0.693. The van der Waals surface area contributed by atoms with Crippen molar-refractivity contribution in [2.24, 2.45) is 0 Å². The van der Waals surface area contributed by atoms with Gasteiger partial charge in [-0.2, -0.15) is 5.10 Å². The molecule has 3 rings (SSSR count). The Bertz CT molecular complexity index is 482. The van der Waals surface area contributed by atoms with E-state index in [4.69, 9.17) is 0 Å². The lowest BCUT2D eigenvalue weighted by Gasteiger charge is -2.09. The maximum absolute atomic E-state index is 4.44. The van der Waals surface area contributed by atoms with Gasteiger partial charge in [-0.05, 0) is 32.0 Å². The molecule has 4 heteroatoms. The molecule has 1 fully saturated rings. The zero-order valence-electron chi connectivity index (χ0n) is 8.77. The van der Waals surface area contributed by atoms with E-state index in [0.717, 1.165) is 24.6 Å². The molecular formula is C11H14N4. The second-order valence-electron chi connectivity index (χ2n) is 4.07. The standard InChI is InChI=1S/C11H14N4/c1-8-13-11-4-2-3-10(15(11)14-8)9-5-6-12-7-9/h2-4,9,12H,5-7H2,1H3. The first-order valence-electron chi connectivity index (χ1n) is 5.37. The number of aromatic nitrogens is 3. The Hall–Kier alpha value is -1.42. The van der Waals surface area contributed by atoms with E-state index in [0.29, 0.717) is 5.92 Å². The fraction of sp³-hybridized carbons (Fsp3) is 0.455. The summed E-state index contributed by atoms with van der Waals surface area (Å²) < 4.78 is 1.98. The second kappa shape index (κ2) is 3.31. The first-order chi connectivity index (χ1) is 7.34. The van der Waals surface area contributed by atoms with Crippen molar-refractivity contribution in [2.45, 2.75) is 19.3 Å². The van der Waals surface area contributed by atoms with Crippen molar-refractivity contribution in [2.75, 3.05) is 13.1 Å². The molecule has 3 heterocycles. The molecule has 0 bridgehead atoms. The molecule has 1 N–H and O–H groups in total. The molecule has 78 valence electrons. The van der Waals surface area contributed by atoms with Gasteiger partial charge in [0.2, 0.25) is 0 Å². The summed E-state index contributed by atoms with van der Waals surface area (Å²) in [5.41, 5.74) is 2.23. The third kappa shape index (κ3) is 1.41. The van der Waals surface area contributed by atoms with Crippen LogP contribution in [0.5, 0.6) is 0 Å². The molecule has 0 radical (unpaired) electrons. The summed E-state index contributed by atoms with van der Waals surface area (Å²) in [5.74, 6) is 1.42. The number of aryl methyl sites for hydroxylation is 1. The first-order valence-corrected chi connectivity index (χ1v) is 5.37. The van der Waals surface area contributed by atoms with Crippen molar-refractivity contribution in [3.63, 3.8) is 0 Å². The monoisotopic (exact) mass is 202 g/mol. The van der Waals surface area contributed by atoms with E-state index in [-0.39, 0.29) is 0 Å². The number of nitrogens with one attached hydrogen (secondary N) is 1. The molecule has 2 aromatic heterocycles. The lowest BCUT2D eigenvalue weighted by atomic mass is 10.0. The fourth-order valence-electron chi connectivity index (χ4n) is 2.25. The van der Waals surface area contributed by atoms with Crippen molar-refractivity contribution in [3.8, 4) is 0 Å². The maximum Gasteiger partial charge on any atom is 0.155 e. The smallest absolute Gasteiger partial charge is 0.155 e. The molecule has 1 aliphatic rings. The van der Waals surface area contributed by atoms with Crippen LogP contribution in [0.4, 0.5) is 0 Å². The second-order valence-corrected chi connectivity index (χ2v) is 4.07. The molecule has 0 spiro atoms. The number of hydrogen-bond acceptors (Lipinski definition) is 3. The highest BCUT2D eigenvalue weighted by atomic mass is 15.3. The highest BCUT2D eigenvalue weighted by Crippen LogP contribution is 2.22. The molecule has 0 amide bonds. The Balaban J connectivity index is 2.16. The van der Waals surface area contributed by atoms with Gasteiger partial charge in [-0.25, -0.2) is 9.50 Å². The zero-order chi connectivity index (χ0) is 10.3. The summed E-state index contributed by atoms with van der Waals surface area (Å²) in [6.45, 7) is 4.09. The van der Waals surface area contributed by atoms with Crippen LogP contribution in [0.3, 0.4) is 0 Å². The molecule has 1 aliphatic heterocycles. The van der Waals surface area contributed by atoms with E-state index in [1.54, 1.807) is 0 Å². The number of pyridine rings is 1. The highest BCUT2D eigenvalue weighted by molar-refractivity contribution is 5.39. The Labute approximate surface area is 88.3 Å². The fourth-order valence-corrected chi connectivity index (χ4v) is 2.25. The van der Waals surface area contributed by atoms with E-state index in [2.05, 4.69) is 27.5 Å². The largest absolute Gasteiger partial charge is 0.316 e. The minimum absolute atomic E-state index is 0.579. The third-order valence-corrected chi connectivity index (χ3v) is 2.97. The minimum atomic E-state index is 0.579. The van der Waals surface area contributed by atoms with Crippen LogP contribution < -0.4 is 5.32 Å². The van der Waals surface area contributed by atoms with E-state index in [1.165, 1.54) is 12.1 Å². The topological polar surface area (TPSA) is 42.2 Å². The number of nitrogens with zero attached hydrogens (tertiary/aromatic N) is 3. The molecule has 2 aromatic rings. The Morgan fingerprint density at radius 1 is 1.47 bits per heavy atom. The normalized spacial score (nSPS) is 21.3. The summed E-state index contributed by atoms with van der Waals surface area (Å²) in [5, 5.41) is 7.82. The summed E-state index contributed by atoms with van der Waals surface area (Å²) in [6, 6.07) is 6.22. The zero-order valence-corrected chi connectivity index (χ0v) is 8.77. The molecule has 0 aromatic carbocycles. The number of hydrogen-bond donors (Lipinski definition) is 1. The van der Waals surface area contributed by atoms with Gasteiger partial charge in [0.15, 0.2) is 5.65 Å².